The van der Waals surface area contributed by atoms with Crippen LogP contribution in [0.2, 0.25) is 5.02 Å². The lowest BCUT2D eigenvalue weighted by molar-refractivity contribution is -0.126. The SMILES string of the molecule is Cc1cccc(N2CCN(C(=O)C(=O)c3c[nH]c4ccc(Cl)cc34)CC2)c1. The lowest BCUT2D eigenvalue weighted by Gasteiger charge is -2.35. The molecule has 0 atom stereocenters. The number of piperazine rings is 1. The number of nitrogens with one attached hydrogen (secondary N) is 1. The molecule has 2 aromatic carbocycles. The molecule has 1 N–H and O–H groups in total. The van der Waals surface area contributed by atoms with Crippen LogP contribution in [0.4, 0.5) is 5.69 Å². The Morgan fingerprint density at radius 1 is 1.04 bits per heavy atom. The summed E-state index contributed by atoms with van der Waals surface area (Å²) in [5.41, 5.74) is 3.53. The second kappa shape index (κ2) is 7.08. The lowest BCUT2D eigenvalue weighted by atomic mass is 10.1. The Kier molecular flexibility index (Phi) is 4.62. The van der Waals surface area contributed by atoms with Gasteiger partial charge in [-0.1, -0.05) is 23.7 Å². The normalized spacial score (nSPS) is 14.6. The number of hydrogen-bond acceptors (Lipinski definition) is 3. The first-order valence-corrected chi connectivity index (χ1v) is 9.32. The van der Waals surface area contributed by atoms with Gasteiger partial charge < -0.3 is 14.8 Å². The monoisotopic (exact) mass is 381 g/mol. The number of hydrogen-bond donors (Lipinski definition) is 1. The minimum Gasteiger partial charge on any atom is -0.368 e. The average Bonchev–Trinajstić information content (AvgIpc) is 3.10. The molecule has 138 valence electrons. The summed E-state index contributed by atoms with van der Waals surface area (Å²) in [5, 5.41) is 1.22. The number of fused-ring (bicyclic) bond motifs is 1. The number of anilines is 1. The third kappa shape index (κ3) is 3.43. The number of aromatic amines is 1. The Hall–Kier alpha value is -2.79. The van der Waals surface area contributed by atoms with Gasteiger partial charge in [-0.3, -0.25) is 9.59 Å². The summed E-state index contributed by atoms with van der Waals surface area (Å²) in [6, 6.07) is 13.6. The van der Waals surface area contributed by atoms with E-state index >= 15 is 0 Å². The maximum Gasteiger partial charge on any atom is 0.295 e. The molecule has 5 nitrogen and oxygen atoms in total. The Morgan fingerprint density at radius 3 is 2.56 bits per heavy atom. The first-order valence-electron chi connectivity index (χ1n) is 8.95. The molecule has 1 saturated heterocycles. The van der Waals surface area contributed by atoms with Gasteiger partial charge in [0.2, 0.25) is 0 Å². The smallest absolute Gasteiger partial charge is 0.295 e. The molecule has 1 aromatic heterocycles. The number of H-pyrrole nitrogens is 1. The van der Waals surface area contributed by atoms with E-state index in [1.54, 1.807) is 29.3 Å². The number of halogens is 1. The molecule has 3 aromatic rings. The highest BCUT2D eigenvalue weighted by Crippen LogP contribution is 2.24. The summed E-state index contributed by atoms with van der Waals surface area (Å²) in [6.45, 7) is 4.54. The number of nitrogens with zero attached hydrogens (tertiary/aromatic N) is 2. The number of rotatable bonds is 3. The van der Waals surface area contributed by atoms with Crippen molar-refractivity contribution in [2.75, 3.05) is 31.1 Å². The van der Waals surface area contributed by atoms with Crippen LogP contribution in [0, 0.1) is 6.92 Å². The molecule has 0 aliphatic carbocycles. The van der Waals surface area contributed by atoms with Crippen LogP contribution >= 0.6 is 11.6 Å². The highest BCUT2D eigenvalue weighted by molar-refractivity contribution is 6.45. The van der Waals surface area contributed by atoms with Crippen LogP contribution in [0.25, 0.3) is 10.9 Å². The summed E-state index contributed by atoms with van der Waals surface area (Å²) in [4.78, 5) is 32.4. The fourth-order valence-corrected chi connectivity index (χ4v) is 3.70. The van der Waals surface area contributed by atoms with Crippen molar-refractivity contribution >= 4 is 39.9 Å². The van der Waals surface area contributed by atoms with E-state index in [1.165, 1.54) is 5.56 Å². The summed E-state index contributed by atoms with van der Waals surface area (Å²) < 4.78 is 0. The largest absolute Gasteiger partial charge is 0.368 e. The molecule has 27 heavy (non-hydrogen) atoms. The first-order chi connectivity index (χ1) is 13.0. The van der Waals surface area contributed by atoms with E-state index in [2.05, 4.69) is 35.0 Å². The summed E-state index contributed by atoms with van der Waals surface area (Å²) in [5.74, 6) is -0.952. The van der Waals surface area contributed by atoms with Gasteiger partial charge in [-0.2, -0.15) is 0 Å². The molecule has 0 spiro atoms. The number of ketones is 1. The van der Waals surface area contributed by atoms with Gasteiger partial charge in [0.15, 0.2) is 0 Å². The van der Waals surface area contributed by atoms with Gasteiger partial charge in [0.1, 0.15) is 0 Å². The molecule has 6 heteroatoms. The molecule has 2 heterocycles. The van der Waals surface area contributed by atoms with Gasteiger partial charge >= 0.3 is 0 Å². The minimum atomic E-state index is -0.493. The summed E-state index contributed by atoms with van der Waals surface area (Å²) in [7, 11) is 0. The van der Waals surface area contributed by atoms with Crippen molar-refractivity contribution in [3.8, 4) is 0 Å². The summed E-state index contributed by atoms with van der Waals surface area (Å²) >= 11 is 6.04. The molecule has 0 bridgehead atoms. The predicted octanol–water partition coefficient (Wildman–Crippen LogP) is 3.66. The second-order valence-electron chi connectivity index (χ2n) is 6.84. The highest BCUT2D eigenvalue weighted by atomic mass is 35.5. The Balaban J connectivity index is 1.47. The van der Waals surface area contributed by atoms with Crippen molar-refractivity contribution < 1.29 is 9.59 Å². The molecule has 1 aliphatic heterocycles. The average molecular weight is 382 g/mol. The van der Waals surface area contributed by atoms with Crippen molar-refractivity contribution in [3.05, 3.63) is 64.8 Å². The maximum atomic E-state index is 12.8. The number of Topliss-reactive ketones (excluding diaryl/α,β-unsaturated/α-hetero) is 1. The zero-order chi connectivity index (χ0) is 19.0. The molecule has 0 saturated carbocycles. The molecule has 0 radical (unpaired) electrons. The standard InChI is InChI=1S/C21H20ClN3O2/c1-14-3-2-4-16(11-14)24-7-9-25(10-8-24)21(27)20(26)18-13-23-19-6-5-15(22)12-17(18)19/h2-6,11-13,23H,7-10H2,1H3. The van der Waals surface area contributed by atoms with E-state index < -0.39 is 11.7 Å². The van der Waals surface area contributed by atoms with Crippen LogP contribution in [0.3, 0.4) is 0 Å². The number of aryl methyl sites for hydroxylation is 1. The topological polar surface area (TPSA) is 56.4 Å². The molecular weight excluding hydrogens is 362 g/mol. The molecule has 1 aliphatic rings. The van der Waals surface area contributed by atoms with E-state index in [9.17, 15) is 9.59 Å². The Bertz CT molecular complexity index is 1020. The van der Waals surface area contributed by atoms with Crippen molar-refractivity contribution in [2.24, 2.45) is 0 Å². The van der Waals surface area contributed by atoms with Crippen molar-refractivity contribution in [1.82, 2.24) is 9.88 Å². The van der Waals surface area contributed by atoms with E-state index in [-0.39, 0.29) is 0 Å². The molecule has 1 fully saturated rings. The number of benzene rings is 2. The lowest BCUT2D eigenvalue weighted by Crippen LogP contribution is -2.50. The zero-order valence-electron chi connectivity index (χ0n) is 15.0. The van der Waals surface area contributed by atoms with Crippen LogP contribution in [-0.2, 0) is 4.79 Å². The van der Waals surface area contributed by atoms with E-state index in [1.807, 2.05) is 6.07 Å². The zero-order valence-corrected chi connectivity index (χ0v) is 15.8. The third-order valence-corrected chi connectivity index (χ3v) is 5.25. The highest BCUT2D eigenvalue weighted by Gasteiger charge is 2.28. The predicted molar refractivity (Wildman–Crippen MR) is 108 cm³/mol. The van der Waals surface area contributed by atoms with E-state index in [4.69, 9.17) is 11.6 Å². The van der Waals surface area contributed by atoms with Crippen molar-refractivity contribution in [1.29, 1.82) is 0 Å². The van der Waals surface area contributed by atoms with Crippen LogP contribution in [-0.4, -0.2) is 47.8 Å². The minimum absolute atomic E-state index is 0.374. The fourth-order valence-electron chi connectivity index (χ4n) is 3.53. The quantitative estimate of drug-likeness (QED) is 0.556. The van der Waals surface area contributed by atoms with Gasteiger partial charge in [0.25, 0.3) is 11.7 Å². The van der Waals surface area contributed by atoms with Gasteiger partial charge in [-0.25, -0.2) is 0 Å². The van der Waals surface area contributed by atoms with E-state index in [0.717, 1.165) is 11.2 Å². The molecule has 0 unspecified atom stereocenters. The fraction of sp³-hybridized carbons (Fsp3) is 0.238. The van der Waals surface area contributed by atoms with Gasteiger partial charge in [0, 0.05) is 54.0 Å². The number of aromatic nitrogens is 1. The number of carbonyl (C=O) groups excluding carboxylic acids is 2. The van der Waals surface area contributed by atoms with E-state index in [0.29, 0.717) is 42.2 Å². The Labute approximate surface area is 162 Å². The van der Waals surface area contributed by atoms with Crippen LogP contribution in [0.5, 0.6) is 0 Å². The molecule has 1 amide bonds. The van der Waals surface area contributed by atoms with Crippen molar-refractivity contribution in [2.45, 2.75) is 6.92 Å². The van der Waals surface area contributed by atoms with Gasteiger partial charge in [0.05, 0.1) is 5.56 Å². The van der Waals surface area contributed by atoms with Crippen LogP contribution in [0.15, 0.2) is 48.7 Å². The maximum absolute atomic E-state index is 12.8. The third-order valence-electron chi connectivity index (χ3n) is 5.02. The number of carbonyl (C=O) groups is 2. The second-order valence-corrected chi connectivity index (χ2v) is 7.28. The molecule has 4 rings (SSSR count). The first kappa shape index (κ1) is 17.6. The van der Waals surface area contributed by atoms with Crippen LogP contribution < -0.4 is 4.90 Å². The summed E-state index contributed by atoms with van der Waals surface area (Å²) in [6.07, 6.45) is 1.59. The van der Waals surface area contributed by atoms with Gasteiger partial charge in [-0.15, -0.1) is 0 Å². The van der Waals surface area contributed by atoms with Crippen LogP contribution in [0.1, 0.15) is 15.9 Å². The van der Waals surface area contributed by atoms with Gasteiger partial charge in [-0.05, 0) is 42.8 Å². The van der Waals surface area contributed by atoms with Crippen molar-refractivity contribution in [3.63, 3.8) is 0 Å². The number of amides is 1. The Morgan fingerprint density at radius 2 is 1.81 bits per heavy atom. The molecular formula is C21H20ClN3O2.